The van der Waals surface area contributed by atoms with E-state index in [1.165, 1.54) is 12.1 Å². The SMILES string of the molecule is C/C=C(/OCc1c2ccccc2cc2ccccc12)C(C)(CC)CC(CC(C)(C)C(=O)OC(C)(C)C)C(=O)Oc1ccc(O)cc1. The molecule has 0 heterocycles. The normalized spacial score (nSPS) is 14.5. The Labute approximate surface area is 273 Å². The number of ether oxygens (including phenoxy) is 3. The van der Waals surface area contributed by atoms with Crippen LogP contribution in [0.4, 0.5) is 0 Å². The zero-order valence-corrected chi connectivity index (χ0v) is 28.5. The molecule has 4 aromatic carbocycles. The van der Waals surface area contributed by atoms with Gasteiger partial charge in [0.05, 0.1) is 17.1 Å². The Bertz CT molecular complexity index is 1660. The molecule has 244 valence electrons. The van der Waals surface area contributed by atoms with Gasteiger partial charge < -0.3 is 19.3 Å². The molecule has 0 saturated heterocycles. The van der Waals surface area contributed by atoms with Crippen molar-refractivity contribution in [3.05, 3.63) is 96.3 Å². The van der Waals surface area contributed by atoms with E-state index >= 15 is 0 Å². The predicted molar refractivity (Wildman–Crippen MR) is 184 cm³/mol. The summed E-state index contributed by atoms with van der Waals surface area (Å²) in [7, 11) is 0. The highest BCUT2D eigenvalue weighted by Gasteiger charge is 2.42. The molecule has 0 radical (unpaired) electrons. The quantitative estimate of drug-likeness (QED) is 0.0731. The maximum Gasteiger partial charge on any atom is 0.314 e. The summed E-state index contributed by atoms with van der Waals surface area (Å²) in [6.07, 6.45) is 3.29. The number of hydrogen-bond acceptors (Lipinski definition) is 6. The van der Waals surface area contributed by atoms with Crippen molar-refractivity contribution in [3.8, 4) is 11.5 Å². The first-order valence-corrected chi connectivity index (χ1v) is 16.1. The molecule has 0 aromatic heterocycles. The minimum absolute atomic E-state index is 0.0785. The Morgan fingerprint density at radius 2 is 1.39 bits per heavy atom. The Morgan fingerprint density at radius 3 is 1.91 bits per heavy atom. The van der Waals surface area contributed by atoms with Gasteiger partial charge in [0, 0.05) is 11.0 Å². The lowest BCUT2D eigenvalue weighted by Gasteiger charge is -2.36. The van der Waals surface area contributed by atoms with E-state index < -0.39 is 28.3 Å². The summed E-state index contributed by atoms with van der Waals surface area (Å²) >= 11 is 0. The molecule has 1 N–H and O–H groups in total. The third-order valence-electron chi connectivity index (χ3n) is 8.69. The number of benzene rings is 4. The van der Waals surface area contributed by atoms with Crippen LogP contribution in [0.1, 0.15) is 80.2 Å². The number of allylic oxidation sites excluding steroid dienone is 2. The summed E-state index contributed by atoms with van der Waals surface area (Å²) in [6.45, 7) is 15.6. The van der Waals surface area contributed by atoms with Crippen LogP contribution in [0.2, 0.25) is 0 Å². The summed E-state index contributed by atoms with van der Waals surface area (Å²) in [4.78, 5) is 27.2. The highest BCUT2D eigenvalue weighted by molar-refractivity contribution is 6.02. The molecule has 0 aliphatic carbocycles. The van der Waals surface area contributed by atoms with E-state index in [9.17, 15) is 14.7 Å². The predicted octanol–water partition coefficient (Wildman–Crippen LogP) is 9.91. The summed E-state index contributed by atoms with van der Waals surface area (Å²) in [5.74, 6) is -0.285. The average Bonchev–Trinajstić information content (AvgIpc) is 3.00. The van der Waals surface area contributed by atoms with E-state index in [1.54, 1.807) is 12.1 Å². The van der Waals surface area contributed by atoms with E-state index in [1.807, 2.05) is 71.9 Å². The largest absolute Gasteiger partial charge is 0.508 e. The summed E-state index contributed by atoms with van der Waals surface area (Å²) in [5.41, 5.74) is -1.05. The minimum atomic E-state index is -0.959. The lowest BCUT2D eigenvalue weighted by molar-refractivity contribution is -0.167. The van der Waals surface area contributed by atoms with Crippen molar-refractivity contribution < 1.29 is 28.9 Å². The molecule has 2 atom stereocenters. The second-order valence-corrected chi connectivity index (χ2v) is 14.1. The third-order valence-corrected chi connectivity index (χ3v) is 8.69. The van der Waals surface area contributed by atoms with Gasteiger partial charge in [-0.05, 0) is 119 Å². The van der Waals surface area contributed by atoms with E-state index in [-0.39, 0.29) is 18.1 Å². The van der Waals surface area contributed by atoms with Crippen LogP contribution in [-0.4, -0.2) is 22.6 Å². The summed E-state index contributed by atoms with van der Waals surface area (Å²) in [6, 6.07) is 24.9. The van der Waals surface area contributed by atoms with Crippen LogP contribution in [-0.2, 0) is 25.7 Å². The van der Waals surface area contributed by atoms with Crippen LogP contribution in [0.3, 0.4) is 0 Å². The average molecular weight is 625 g/mol. The molecule has 2 unspecified atom stereocenters. The Kier molecular flexibility index (Phi) is 10.5. The van der Waals surface area contributed by atoms with E-state index in [2.05, 4.69) is 44.2 Å². The van der Waals surface area contributed by atoms with Gasteiger partial charge in [-0.15, -0.1) is 0 Å². The van der Waals surface area contributed by atoms with E-state index in [4.69, 9.17) is 14.2 Å². The van der Waals surface area contributed by atoms with Gasteiger partial charge in [-0.3, -0.25) is 9.59 Å². The van der Waals surface area contributed by atoms with Gasteiger partial charge in [0.1, 0.15) is 23.7 Å². The summed E-state index contributed by atoms with van der Waals surface area (Å²) in [5, 5.41) is 14.3. The Morgan fingerprint density at radius 1 is 0.826 bits per heavy atom. The first-order chi connectivity index (χ1) is 21.7. The maximum absolute atomic E-state index is 13.9. The number of phenols is 1. The molecule has 4 aromatic rings. The number of carbonyl (C=O) groups excluding carboxylic acids is 2. The van der Waals surface area contributed by atoms with Crippen molar-refractivity contribution >= 4 is 33.5 Å². The topological polar surface area (TPSA) is 82.1 Å². The van der Waals surface area contributed by atoms with Gasteiger partial charge in [-0.25, -0.2) is 0 Å². The van der Waals surface area contributed by atoms with Gasteiger partial charge in [-0.2, -0.15) is 0 Å². The second-order valence-electron chi connectivity index (χ2n) is 14.1. The first-order valence-electron chi connectivity index (χ1n) is 16.1. The van der Waals surface area contributed by atoms with Crippen molar-refractivity contribution in [2.45, 2.75) is 86.9 Å². The number of fused-ring (bicyclic) bond motifs is 2. The zero-order valence-electron chi connectivity index (χ0n) is 28.5. The number of rotatable bonds is 12. The van der Waals surface area contributed by atoms with Crippen LogP contribution in [0.5, 0.6) is 11.5 Å². The van der Waals surface area contributed by atoms with Crippen molar-refractivity contribution in [2.24, 2.45) is 16.7 Å². The van der Waals surface area contributed by atoms with Crippen molar-refractivity contribution in [1.29, 1.82) is 0 Å². The van der Waals surface area contributed by atoms with Crippen molar-refractivity contribution in [3.63, 3.8) is 0 Å². The fourth-order valence-electron chi connectivity index (χ4n) is 6.05. The molecule has 0 aliphatic heterocycles. The number of esters is 2. The van der Waals surface area contributed by atoms with Gasteiger partial charge >= 0.3 is 11.9 Å². The van der Waals surface area contributed by atoms with Crippen molar-refractivity contribution in [1.82, 2.24) is 0 Å². The lowest BCUT2D eigenvalue weighted by Crippen LogP contribution is -2.38. The molecular formula is C40H48O6. The number of hydrogen-bond donors (Lipinski definition) is 1. The fraction of sp³-hybridized carbons (Fsp3) is 0.400. The molecule has 4 rings (SSSR count). The Balaban J connectivity index is 1.65. The molecule has 46 heavy (non-hydrogen) atoms. The van der Waals surface area contributed by atoms with Gasteiger partial charge in [0.25, 0.3) is 0 Å². The standard InChI is InChI=1S/C40H48O6/c1-9-35(44-26-34-32-17-13-11-15-27(32)23-28-16-12-14-18-33(28)34)40(8,10-2)25-29(24-39(6,7)37(43)46-38(3,4)5)36(42)45-31-21-19-30(41)20-22-31/h9,11-23,29,41H,10,24-26H2,1-8H3/b35-9+. The summed E-state index contributed by atoms with van der Waals surface area (Å²) < 4.78 is 18.3. The highest BCUT2D eigenvalue weighted by Crippen LogP contribution is 2.43. The molecule has 6 nitrogen and oxygen atoms in total. The number of aromatic hydroxyl groups is 1. The van der Waals surface area contributed by atoms with Gasteiger partial charge in [-0.1, -0.05) is 62.4 Å². The molecule has 0 spiro atoms. The molecule has 0 bridgehead atoms. The molecule has 0 aliphatic rings. The number of carbonyl (C=O) groups is 2. The monoisotopic (exact) mass is 624 g/mol. The lowest BCUT2D eigenvalue weighted by atomic mass is 9.72. The maximum atomic E-state index is 13.9. The minimum Gasteiger partial charge on any atom is -0.508 e. The Hall–Kier alpha value is -4.32. The van der Waals surface area contributed by atoms with Gasteiger partial charge in [0.15, 0.2) is 0 Å². The first kappa shape index (κ1) is 34.6. The van der Waals surface area contributed by atoms with Crippen LogP contribution >= 0.6 is 0 Å². The van der Waals surface area contributed by atoms with Crippen molar-refractivity contribution in [2.75, 3.05) is 0 Å². The molecule has 0 amide bonds. The smallest absolute Gasteiger partial charge is 0.314 e. The van der Waals surface area contributed by atoms with Crippen LogP contribution in [0.25, 0.3) is 21.5 Å². The molecule has 0 saturated carbocycles. The highest BCUT2D eigenvalue weighted by atomic mass is 16.6. The van der Waals surface area contributed by atoms with Crippen LogP contribution in [0, 0.1) is 16.7 Å². The third kappa shape index (κ3) is 8.28. The van der Waals surface area contributed by atoms with E-state index in [0.717, 1.165) is 32.9 Å². The van der Waals surface area contributed by atoms with Crippen LogP contribution in [0.15, 0.2) is 90.7 Å². The molecule has 6 heteroatoms. The van der Waals surface area contributed by atoms with E-state index in [0.29, 0.717) is 25.2 Å². The van der Waals surface area contributed by atoms with Crippen LogP contribution < -0.4 is 4.74 Å². The second kappa shape index (κ2) is 14.0. The zero-order chi connectivity index (χ0) is 33.7. The van der Waals surface area contributed by atoms with Gasteiger partial charge in [0.2, 0.25) is 0 Å². The molecular weight excluding hydrogens is 576 g/mol. The number of phenolic OH excluding ortho intramolecular Hbond substituents is 1. The fourth-order valence-corrected chi connectivity index (χ4v) is 6.05. The molecule has 0 fully saturated rings.